The summed E-state index contributed by atoms with van der Waals surface area (Å²) in [7, 11) is 0. The zero-order chi connectivity index (χ0) is 35.3. The molecule has 1 aliphatic carbocycles. The molecule has 0 spiro atoms. The molecular formula is C53H36. The van der Waals surface area contributed by atoms with Crippen molar-refractivity contribution in [2.75, 3.05) is 0 Å². The predicted octanol–water partition coefficient (Wildman–Crippen LogP) is 14.7. The Balaban J connectivity index is 1.08. The molecule has 1 aliphatic rings. The largest absolute Gasteiger partial charge is 0.0622 e. The quantitative estimate of drug-likeness (QED) is 0.163. The minimum Gasteiger partial charge on any atom is -0.0622 e. The molecular weight excluding hydrogens is 637 g/mol. The molecule has 248 valence electrons. The summed E-state index contributed by atoms with van der Waals surface area (Å²) in [4.78, 5) is 0. The van der Waals surface area contributed by atoms with Crippen LogP contribution in [0.1, 0.15) is 25.0 Å². The van der Waals surface area contributed by atoms with Gasteiger partial charge in [0.15, 0.2) is 0 Å². The first-order valence-corrected chi connectivity index (χ1v) is 18.7. The van der Waals surface area contributed by atoms with Gasteiger partial charge in [0.05, 0.1) is 0 Å². The second kappa shape index (κ2) is 11.2. The molecule has 0 bridgehead atoms. The Morgan fingerprint density at radius 3 is 1.51 bits per heavy atom. The van der Waals surface area contributed by atoms with Gasteiger partial charge in [0, 0.05) is 5.41 Å². The highest BCUT2D eigenvalue weighted by Gasteiger charge is 2.36. The van der Waals surface area contributed by atoms with Crippen LogP contribution in [0.4, 0.5) is 0 Å². The first-order chi connectivity index (χ1) is 26.1. The van der Waals surface area contributed by atoms with E-state index in [-0.39, 0.29) is 5.41 Å². The summed E-state index contributed by atoms with van der Waals surface area (Å²) in [6, 6.07) is 67.8. The summed E-state index contributed by atoms with van der Waals surface area (Å²) in [5.41, 5.74) is 15.5. The van der Waals surface area contributed by atoms with Crippen molar-refractivity contribution in [3.63, 3.8) is 0 Å². The second-order valence-electron chi connectivity index (χ2n) is 15.2. The van der Waals surface area contributed by atoms with Crippen LogP contribution in [0.2, 0.25) is 0 Å². The topological polar surface area (TPSA) is 0 Å². The molecule has 0 heterocycles. The maximum atomic E-state index is 2.40. The average molecular weight is 673 g/mol. The normalized spacial score (nSPS) is 13.2. The van der Waals surface area contributed by atoms with Gasteiger partial charge in [-0.1, -0.05) is 190 Å². The number of rotatable bonds is 4. The molecule has 0 aliphatic heterocycles. The van der Waals surface area contributed by atoms with Gasteiger partial charge in [-0.05, 0) is 116 Å². The fourth-order valence-corrected chi connectivity index (χ4v) is 9.62. The van der Waals surface area contributed by atoms with Crippen LogP contribution in [0.3, 0.4) is 0 Å². The Morgan fingerprint density at radius 2 is 0.792 bits per heavy atom. The van der Waals surface area contributed by atoms with Crippen LogP contribution in [0.25, 0.3) is 98.7 Å². The van der Waals surface area contributed by atoms with E-state index in [0.717, 1.165) is 0 Å². The van der Waals surface area contributed by atoms with E-state index in [9.17, 15) is 0 Å². The number of fused-ring (bicyclic) bond motifs is 5. The number of benzene rings is 10. The van der Waals surface area contributed by atoms with E-state index in [1.54, 1.807) is 0 Å². The van der Waals surface area contributed by atoms with Crippen molar-refractivity contribution in [2.24, 2.45) is 0 Å². The van der Waals surface area contributed by atoms with E-state index >= 15 is 0 Å². The smallest absolute Gasteiger partial charge is 0.0165 e. The standard InChI is InChI=1S/C53H36/c1-53(2)49-19-11-10-18-45(49)48-31-25-37-32-36(24-27-40(37)52(48)53)38-14-6-7-15-41(38)42-16-8-9-17-43(42)44-28-21-35-22-29-46-39(33-12-4-3-5-13-33)26-20-34-23-30-47(44)51(35)50(34)46/h3-32H,1-2H3. The van der Waals surface area contributed by atoms with E-state index < -0.39 is 0 Å². The third-order valence-corrected chi connectivity index (χ3v) is 12.0. The Hall–Kier alpha value is -6.50. The van der Waals surface area contributed by atoms with Gasteiger partial charge in [0.25, 0.3) is 0 Å². The fourth-order valence-electron chi connectivity index (χ4n) is 9.62. The molecule has 0 saturated carbocycles. The molecule has 0 radical (unpaired) electrons. The summed E-state index contributed by atoms with van der Waals surface area (Å²) in [5, 5.41) is 10.5. The molecule has 10 aromatic rings. The summed E-state index contributed by atoms with van der Waals surface area (Å²) in [5.74, 6) is 0. The molecule has 0 nitrogen and oxygen atoms in total. The minimum absolute atomic E-state index is 0.0480. The van der Waals surface area contributed by atoms with Crippen LogP contribution in [-0.4, -0.2) is 0 Å². The minimum atomic E-state index is -0.0480. The average Bonchev–Trinajstić information content (AvgIpc) is 3.46. The van der Waals surface area contributed by atoms with Gasteiger partial charge in [-0.15, -0.1) is 0 Å². The van der Waals surface area contributed by atoms with Crippen LogP contribution in [0.5, 0.6) is 0 Å². The Morgan fingerprint density at radius 1 is 0.302 bits per heavy atom. The van der Waals surface area contributed by atoms with Crippen molar-refractivity contribution in [3.8, 4) is 55.6 Å². The van der Waals surface area contributed by atoms with Gasteiger partial charge in [0.1, 0.15) is 0 Å². The Kier molecular flexibility index (Phi) is 6.40. The van der Waals surface area contributed by atoms with Crippen molar-refractivity contribution in [1.29, 1.82) is 0 Å². The number of hydrogen-bond acceptors (Lipinski definition) is 0. The second-order valence-corrected chi connectivity index (χ2v) is 15.2. The molecule has 0 saturated heterocycles. The van der Waals surface area contributed by atoms with Crippen molar-refractivity contribution in [2.45, 2.75) is 19.3 Å². The van der Waals surface area contributed by atoms with Crippen molar-refractivity contribution in [1.82, 2.24) is 0 Å². The van der Waals surface area contributed by atoms with Gasteiger partial charge < -0.3 is 0 Å². The lowest BCUT2D eigenvalue weighted by atomic mass is 9.80. The third kappa shape index (κ3) is 4.36. The molecule has 0 amide bonds. The van der Waals surface area contributed by atoms with Crippen LogP contribution in [-0.2, 0) is 5.41 Å². The molecule has 0 unspecified atom stereocenters. The molecule has 0 heteroatoms. The van der Waals surface area contributed by atoms with E-state index in [0.29, 0.717) is 0 Å². The van der Waals surface area contributed by atoms with E-state index in [2.05, 4.69) is 196 Å². The van der Waals surface area contributed by atoms with Gasteiger partial charge >= 0.3 is 0 Å². The monoisotopic (exact) mass is 672 g/mol. The SMILES string of the molecule is CC1(C)c2ccccc2-c2ccc3cc(-c4ccccc4-c4ccccc4-c4ccc5ccc6c(-c7ccccc7)ccc7ccc4c5c76)ccc3c21. The van der Waals surface area contributed by atoms with Gasteiger partial charge in [-0.25, -0.2) is 0 Å². The van der Waals surface area contributed by atoms with Crippen LogP contribution in [0, 0.1) is 0 Å². The van der Waals surface area contributed by atoms with Crippen LogP contribution in [0.15, 0.2) is 182 Å². The highest BCUT2D eigenvalue weighted by molar-refractivity contribution is 6.28. The zero-order valence-electron chi connectivity index (χ0n) is 29.8. The number of hydrogen-bond donors (Lipinski definition) is 0. The van der Waals surface area contributed by atoms with Crippen LogP contribution < -0.4 is 0 Å². The van der Waals surface area contributed by atoms with Crippen LogP contribution >= 0.6 is 0 Å². The highest BCUT2D eigenvalue weighted by Crippen LogP contribution is 2.52. The van der Waals surface area contributed by atoms with Gasteiger partial charge in [-0.3, -0.25) is 0 Å². The highest BCUT2D eigenvalue weighted by atomic mass is 14.4. The molecule has 10 aromatic carbocycles. The molecule has 0 N–H and O–H groups in total. The zero-order valence-corrected chi connectivity index (χ0v) is 29.8. The van der Waals surface area contributed by atoms with E-state index in [1.807, 2.05) is 0 Å². The fraction of sp³-hybridized carbons (Fsp3) is 0.0566. The molecule has 11 rings (SSSR count). The van der Waals surface area contributed by atoms with Gasteiger partial charge in [0.2, 0.25) is 0 Å². The lowest BCUT2D eigenvalue weighted by molar-refractivity contribution is 0.666. The predicted molar refractivity (Wildman–Crippen MR) is 227 cm³/mol. The van der Waals surface area contributed by atoms with E-state index in [4.69, 9.17) is 0 Å². The summed E-state index contributed by atoms with van der Waals surface area (Å²) >= 11 is 0. The lowest BCUT2D eigenvalue weighted by Gasteiger charge is -2.23. The molecule has 0 fully saturated rings. The van der Waals surface area contributed by atoms with Gasteiger partial charge in [-0.2, -0.15) is 0 Å². The van der Waals surface area contributed by atoms with Crippen molar-refractivity contribution >= 4 is 43.1 Å². The third-order valence-electron chi connectivity index (χ3n) is 12.0. The van der Waals surface area contributed by atoms with Crippen molar-refractivity contribution in [3.05, 3.63) is 193 Å². The molecule has 53 heavy (non-hydrogen) atoms. The maximum absolute atomic E-state index is 2.40. The maximum Gasteiger partial charge on any atom is 0.0165 e. The lowest BCUT2D eigenvalue weighted by Crippen LogP contribution is -2.15. The van der Waals surface area contributed by atoms with Crippen molar-refractivity contribution < 1.29 is 0 Å². The molecule has 0 aromatic heterocycles. The summed E-state index contributed by atoms with van der Waals surface area (Å²) in [6.07, 6.45) is 0. The van der Waals surface area contributed by atoms with E-state index in [1.165, 1.54) is 110 Å². The Bertz CT molecular complexity index is 3070. The molecule has 0 atom stereocenters. The summed E-state index contributed by atoms with van der Waals surface area (Å²) < 4.78 is 0. The summed E-state index contributed by atoms with van der Waals surface area (Å²) in [6.45, 7) is 4.75. The first-order valence-electron chi connectivity index (χ1n) is 18.7. The Labute approximate surface area is 310 Å². The first kappa shape index (κ1) is 30.2.